The SMILES string of the molecule is CCOC1NC(=O)C2CCCCC12. The number of hydrogen-bond donors (Lipinski definition) is 1. The maximum Gasteiger partial charge on any atom is 0.225 e. The Morgan fingerprint density at radius 1 is 1.46 bits per heavy atom. The molecule has 3 unspecified atom stereocenters. The van der Waals surface area contributed by atoms with E-state index in [1.54, 1.807) is 0 Å². The highest BCUT2D eigenvalue weighted by atomic mass is 16.5. The minimum atomic E-state index is 0.00259. The summed E-state index contributed by atoms with van der Waals surface area (Å²) < 4.78 is 5.51. The molecule has 1 aliphatic carbocycles. The fourth-order valence-corrected chi connectivity index (χ4v) is 2.55. The van der Waals surface area contributed by atoms with Crippen LogP contribution in [0.15, 0.2) is 0 Å². The Labute approximate surface area is 78.8 Å². The predicted molar refractivity (Wildman–Crippen MR) is 49.0 cm³/mol. The van der Waals surface area contributed by atoms with E-state index in [1.807, 2.05) is 6.92 Å². The van der Waals surface area contributed by atoms with Crippen LogP contribution in [0.2, 0.25) is 0 Å². The van der Waals surface area contributed by atoms with Gasteiger partial charge in [0.2, 0.25) is 5.91 Å². The van der Waals surface area contributed by atoms with Gasteiger partial charge in [-0.3, -0.25) is 4.79 Å². The second kappa shape index (κ2) is 3.66. The van der Waals surface area contributed by atoms with Crippen molar-refractivity contribution in [3.8, 4) is 0 Å². The molecule has 1 aliphatic heterocycles. The van der Waals surface area contributed by atoms with Crippen molar-refractivity contribution in [3.05, 3.63) is 0 Å². The van der Waals surface area contributed by atoms with E-state index in [4.69, 9.17) is 4.74 Å². The largest absolute Gasteiger partial charge is 0.358 e. The summed E-state index contributed by atoms with van der Waals surface area (Å²) in [6.45, 7) is 2.66. The molecular formula is C10H17NO2. The van der Waals surface area contributed by atoms with Crippen LogP contribution in [0.4, 0.5) is 0 Å². The zero-order valence-corrected chi connectivity index (χ0v) is 8.08. The lowest BCUT2D eigenvalue weighted by Gasteiger charge is -2.26. The summed E-state index contributed by atoms with van der Waals surface area (Å²) in [5.74, 6) is 0.898. The number of amides is 1. The average molecular weight is 183 g/mol. The number of carbonyl (C=O) groups is 1. The predicted octanol–water partition coefficient (Wildman–Crippen LogP) is 1.29. The summed E-state index contributed by atoms with van der Waals surface area (Å²) in [5, 5.41) is 2.94. The summed E-state index contributed by atoms with van der Waals surface area (Å²) >= 11 is 0. The maximum absolute atomic E-state index is 11.5. The quantitative estimate of drug-likeness (QED) is 0.700. The lowest BCUT2D eigenvalue weighted by molar-refractivity contribution is -0.124. The Bertz CT molecular complexity index is 205. The second-order valence-corrected chi connectivity index (χ2v) is 3.94. The van der Waals surface area contributed by atoms with E-state index in [-0.39, 0.29) is 18.1 Å². The monoisotopic (exact) mass is 183 g/mol. The summed E-state index contributed by atoms with van der Waals surface area (Å²) in [6.07, 6.45) is 4.66. The van der Waals surface area contributed by atoms with Gasteiger partial charge in [-0.05, 0) is 19.8 Å². The molecule has 1 amide bonds. The Morgan fingerprint density at radius 2 is 2.23 bits per heavy atom. The molecule has 1 saturated heterocycles. The lowest BCUT2D eigenvalue weighted by Crippen LogP contribution is -2.32. The summed E-state index contributed by atoms with van der Waals surface area (Å²) in [6, 6.07) is 0. The van der Waals surface area contributed by atoms with Crippen LogP contribution in [-0.2, 0) is 9.53 Å². The van der Waals surface area contributed by atoms with Crippen molar-refractivity contribution in [2.75, 3.05) is 6.61 Å². The van der Waals surface area contributed by atoms with E-state index in [1.165, 1.54) is 12.8 Å². The van der Waals surface area contributed by atoms with Crippen LogP contribution in [0, 0.1) is 11.8 Å². The third-order valence-corrected chi connectivity index (χ3v) is 3.18. The number of rotatable bonds is 2. The van der Waals surface area contributed by atoms with Gasteiger partial charge in [-0.2, -0.15) is 0 Å². The zero-order chi connectivity index (χ0) is 9.26. The molecule has 0 bridgehead atoms. The van der Waals surface area contributed by atoms with Crippen LogP contribution in [-0.4, -0.2) is 18.7 Å². The summed E-state index contributed by atoms with van der Waals surface area (Å²) in [7, 11) is 0. The van der Waals surface area contributed by atoms with Gasteiger partial charge in [0.15, 0.2) is 0 Å². The van der Waals surface area contributed by atoms with Crippen molar-refractivity contribution < 1.29 is 9.53 Å². The molecule has 0 spiro atoms. The van der Waals surface area contributed by atoms with Gasteiger partial charge in [-0.15, -0.1) is 0 Å². The molecule has 0 aromatic rings. The van der Waals surface area contributed by atoms with E-state index in [0.29, 0.717) is 12.5 Å². The van der Waals surface area contributed by atoms with Crippen LogP contribution in [0.5, 0.6) is 0 Å². The average Bonchev–Trinajstić information content (AvgIpc) is 2.46. The Morgan fingerprint density at radius 3 is 3.00 bits per heavy atom. The molecule has 2 aliphatic rings. The van der Waals surface area contributed by atoms with Crippen LogP contribution < -0.4 is 5.32 Å². The Kier molecular flexibility index (Phi) is 2.54. The van der Waals surface area contributed by atoms with Gasteiger partial charge in [0.25, 0.3) is 0 Å². The molecule has 1 N–H and O–H groups in total. The third-order valence-electron chi connectivity index (χ3n) is 3.18. The molecule has 2 fully saturated rings. The summed E-state index contributed by atoms with van der Waals surface area (Å²) in [5.41, 5.74) is 0. The maximum atomic E-state index is 11.5. The first-order valence-electron chi connectivity index (χ1n) is 5.25. The normalized spacial score (nSPS) is 38.5. The molecule has 0 aromatic heterocycles. The standard InChI is InChI=1S/C10H17NO2/c1-2-13-10-8-6-4-3-5-7(8)9(12)11-10/h7-8,10H,2-6H2,1H3,(H,11,12). The number of ether oxygens (including phenoxy) is 1. The lowest BCUT2D eigenvalue weighted by atomic mass is 9.81. The third kappa shape index (κ3) is 1.57. The molecular weight excluding hydrogens is 166 g/mol. The smallest absolute Gasteiger partial charge is 0.225 e. The van der Waals surface area contributed by atoms with Gasteiger partial charge >= 0.3 is 0 Å². The van der Waals surface area contributed by atoms with Gasteiger partial charge < -0.3 is 10.1 Å². The van der Waals surface area contributed by atoms with Gasteiger partial charge in [-0.1, -0.05) is 12.8 Å². The van der Waals surface area contributed by atoms with Gasteiger partial charge in [-0.25, -0.2) is 0 Å². The molecule has 0 aromatic carbocycles. The van der Waals surface area contributed by atoms with Crippen LogP contribution in [0.3, 0.4) is 0 Å². The van der Waals surface area contributed by atoms with Crippen LogP contribution >= 0.6 is 0 Å². The highest BCUT2D eigenvalue weighted by Crippen LogP contribution is 2.36. The molecule has 74 valence electrons. The Balaban J connectivity index is 2.04. The van der Waals surface area contributed by atoms with E-state index >= 15 is 0 Å². The highest BCUT2D eigenvalue weighted by Gasteiger charge is 2.43. The molecule has 0 radical (unpaired) electrons. The second-order valence-electron chi connectivity index (χ2n) is 3.94. The van der Waals surface area contributed by atoms with Crippen molar-refractivity contribution in [1.29, 1.82) is 0 Å². The minimum absolute atomic E-state index is 0.00259. The molecule has 13 heavy (non-hydrogen) atoms. The molecule has 3 nitrogen and oxygen atoms in total. The number of nitrogens with one attached hydrogen (secondary N) is 1. The fraction of sp³-hybridized carbons (Fsp3) is 0.900. The molecule has 2 rings (SSSR count). The van der Waals surface area contributed by atoms with Gasteiger partial charge in [0.1, 0.15) is 6.23 Å². The number of carbonyl (C=O) groups excluding carboxylic acids is 1. The minimum Gasteiger partial charge on any atom is -0.358 e. The van der Waals surface area contributed by atoms with Gasteiger partial charge in [0, 0.05) is 18.4 Å². The molecule has 1 heterocycles. The van der Waals surface area contributed by atoms with E-state index in [2.05, 4.69) is 5.32 Å². The first-order chi connectivity index (χ1) is 6.33. The molecule has 1 saturated carbocycles. The Hall–Kier alpha value is -0.570. The van der Waals surface area contributed by atoms with E-state index in [9.17, 15) is 4.79 Å². The topological polar surface area (TPSA) is 38.3 Å². The van der Waals surface area contributed by atoms with Crippen molar-refractivity contribution >= 4 is 5.91 Å². The first-order valence-corrected chi connectivity index (χ1v) is 5.25. The molecule has 3 atom stereocenters. The summed E-state index contributed by atoms with van der Waals surface area (Å²) in [4.78, 5) is 11.5. The number of fused-ring (bicyclic) bond motifs is 1. The zero-order valence-electron chi connectivity index (χ0n) is 8.08. The van der Waals surface area contributed by atoms with Crippen molar-refractivity contribution in [2.24, 2.45) is 11.8 Å². The molecule has 3 heteroatoms. The first kappa shape index (κ1) is 9.00. The van der Waals surface area contributed by atoms with Crippen molar-refractivity contribution in [1.82, 2.24) is 5.32 Å². The van der Waals surface area contributed by atoms with E-state index < -0.39 is 0 Å². The van der Waals surface area contributed by atoms with Crippen LogP contribution in [0.1, 0.15) is 32.6 Å². The highest BCUT2D eigenvalue weighted by molar-refractivity contribution is 5.81. The van der Waals surface area contributed by atoms with Crippen molar-refractivity contribution in [2.45, 2.75) is 38.8 Å². The fourth-order valence-electron chi connectivity index (χ4n) is 2.55. The van der Waals surface area contributed by atoms with Crippen molar-refractivity contribution in [3.63, 3.8) is 0 Å². The van der Waals surface area contributed by atoms with Crippen LogP contribution in [0.25, 0.3) is 0 Å². The number of hydrogen-bond acceptors (Lipinski definition) is 2. The van der Waals surface area contributed by atoms with E-state index in [0.717, 1.165) is 12.8 Å². The van der Waals surface area contributed by atoms with Gasteiger partial charge in [0.05, 0.1) is 0 Å².